The molecule has 0 aromatic carbocycles. The fourth-order valence-electron chi connectivity index (χ4n) is 1.63. The van der Waals surface area contributed by atoms with Gasteiger partial charge in [-0.3, -0.25) is 4.79 Å². The summed E-state index contributed by atoms with van der Waals surface area (Å²) in [6.07, 6.45) is 2.03. The van der Waals surface area contributed by atoms with Crippen LogP contribution in [0.2, 0.25) is 0 Å². The Morgan fingerprint density at radius 2 is 1.86 bits per heavy atom. The van der Waals surface area contributed by atoms with Crippen molar-refractivity contribution in [3.63, 3.8) is 0 Å². The maximum Gasteiger partial charge on any atom is 0.242 e. The minimum Gasteiger partial charge on any atom is -0.382 e. The van der Waals surface area contributed by atoms with Gasteiger partial charge in [0.1, 0.15) is 6.54 Å². The summed E-state index contributed by atoms with van der Waals surface area (Å²) in [4.78, 5) is 16.0. The second-order valence-corrected chi connectivity index (χ2v) is 5.82. The summed E-state index contributed by atoms with van der Waals surface area (Å²) in [7, 11) is 0. The van der Waals surface area contributed by atoms with E-state index < -0.39 is 0 Å². The molecule has 0 fully saturated rings. The molecule has 1 amide bonds. The highest BCUT2D eigenvalue weighted by Gasteiger charge is 2.13. The summed E-state index contributed by atoms with van der Waals surface area (Å²) >= 11 is 0. The van der Waals surface area contributed by atoms with E-state index in [1.807, 2.05) is 34.6 Å². The lowest BCUT2D eigenvalue weighted by molar-refractivity contribution is -0.121. The fraction of sp³-hybridized carbons (Fsp3) is 0.867. The van der Waals surface area contributed by atoms with Gasteiger partial charge in [-0.2, -0.15) is 0 Å². The number of unbranched alkanes of at least 4 members (excludes halogenated alkanes) is 1. The summed E-state index contributed by atoms with van der Waals surface area (Å²) in [6, 6.07) is 0. The minimum absolute atomic E-state index is 0.0731. The summed E-state index contributed by atoms with van der Waals surface area (Å²) in [5.41, 5.74) is -0.225. The molecule has 0 saturated carbocycles. The Bertz CT molecular complexity index is 311. The van der Waals surface area contributed by atoms with Crippen LogP contribution in [0.25, 0.3) is 0 Å². The molecular formula is C15H32N4O2. The van der Waals surface area contributed by atoms with Crippen molar-refractivity contribution in [1.29, 1.82) is 0 Å². The van der Waals surface area contributed by atoms with Crippen LogP contribution in [-0.2, 0) is 9.53 Å². The molecule has 0 radical (unpaired) electrons. The van der Waals surface area contributed by atoms with Crippen molar-refractivity contribution >= 4 is 11.9 Å². The quantitative estimate of drug-likeness (QED) is 0.341. The topological polar surface area (TPSA) is 74.8 Å². The third-order valence-corrected chi connectivity index (χ3v) is 2.45. The molecule has 0 atom stereocenters. The number of rotatable bonds is 9. The molecule has 21 heavy (non-hydrogen) atoms. The van der Waals surface area contributed by atoms with Gasteiger partial charge in [-0.15, -0.1) is 0 Å². The van der Waals surface area contributed by atoms with Gasteiger partial charge < -0.3 is 20.7 Å². The number of ether oxygens (including phenoxy) is 1. The van der Waals surface area contributed by atoms with Gasteiger partial charge in [0.25, 0.3) is 0 Å². The molecular weight excluding hydrogens is 268 g/mol. The zero-order valence-corrected chi connectivity index (χ0v) is 14.2. The van der Waals surface area contributed by atoms with Crippen molar-refractivity contribution in [1.82, 2.24) is 16.0 Å². The Labute approximate surface area is 129 Å². The number of nitrogens with one attached hydrogen (secondary N) is 3. The van der Waals surface area contributed by atoms with Crippen molar-refractivity contribution in [3.05, 3.63) is 0 Å². The molecule has 0 bridgehead atoms. The second-order valence-electron chi connectivity index (χ2n) is 5.82. The van der Waals surface area contributed by atoms with Crippen molar-refractivity contribution in [2.24, 2.45) is 4.99 Å². The van der Waals surface area contributed by atoms with Crippen LogP contribution < -0.4 is 16.0 Å². The number of carbonyl (C=O) groups excluding carboxylic acids is 1. The van der Waals surface area contributed by atoms with Gasteiger partial charge in [0.05, 0.1) is 0 Å². The van der Waals surface area contributed by atoms with Crippen molar-refractivity contribution in [2.75, 3.05) is 32.8 Å². The first-order chi connectivity index (χ1) is 9.89. The number of carbonyl (C=O) groups is 1. The van der Waals surface area contributed by atoms with E-state index in [4.69, 9.17) is 4.74 Å². The largest absolute Gasteiger partial charge is 0.382 e. The SMILES string of the molecule is CCNC(=NCC(=O)NC(C)(C)C)NCCCCOCC. The number of nitrogens with zero attached hydrogens (tertiary/aromatic N) is 1. The molecule has 0 aliphatic heterocycles. The van der Waals surface area contributed by atoms with Crippen LogP contribution in [0.15, 0.2) is 4.99 Å². The van der Waals surface area contributed by atoms with E-state index in [0.717, 1.165) is 39.1 Å². The molecule has 0 aliphatic rings. The molecule has 124 valence electrons. The van der Waals surface area contributed by atoms with Gasteiger partial charge in [0.2, 0.25) is 5.91 Å². The molecule has 0 aromatic heterocycles. The predicted octanol–water partition coefficient (Wildman–Crippen LogP) is 1.27. The average Bonchev–Trinajstić information content (AvgIpc) is 2.37. The third kappa shape index (κ3) is 13.4. The fourth-order valence-corrected chi connectivity index (χ4v) is 1.63. The van der Waals surface area contributed by atoms with E-state index in [-0.39, 0.29) is 18.0 Å². The van der Waals surface area contributed by atoms with Gasteiger partial charge in [0, 0.05) is 31.8 Å². The summed E-state index contributed by atoms with van der Waals surface area (Å²) < 4.78 is 5.29. The van der Waals surface area contributed by atoms with E-state index in [2.05, 4.69) is 20.9 Å². The van der Waals surface area contributed by atoms with Gasteiger partial charge in [-0.1, -0.05) is 0 Å². The Kier molecular flexibility index (Phi) is 10.7. The van der Waals surface area contributed by atoms with Crippen LogP contribution in [0, 0.1) is 0 Å². The minimum atomic E-state index is -0.225. The molecule has 0 heterocycles. The number of hydrogen-bond acceptors (Lipinski definition) is 3. The highest BCUT2D eigenvalue weighted by molar-refractivity contribution is 5.85. The van der Waals surface area contributed by atoms with Crippen LogP contribution in [0.1, 0.15) is 47.5 Å². The third-order valence-electron chi connectivity index (χ3n) is 2.45. The van der Waals surface area contributed by atoms with Gasteiger partial charge in [-0.05, 0) is 47.5 Å². The second kappa shape index (κ2) is 11.4. The number of guanidine groups is 1. The molecule has 0 unspecified atom stereocenters. The average molecular weight is 300 g/mol. The maximum absolute atomic E-state index is 11.7. The van der Waals surface area contributed by atoms with Crippen molar-refractivity contribution in [2.45, 2.75) is 53.0 Å². The molecule has 0 rings (SSSR count). The molecule has 0 aromatic rings. The first-order valence-corrected chi connectivity index (χ1v) is 7.80. The Morgan fingerprint density at radius 3 is 2.43 bits per heavy atom. The van der Waals surface area contributed by atoms with Gasteiger partial charge in [0.15, 0.2) is 5.96 Å². The zero-order chi connectivity index (χ0) is 16.1. The molecule has 0 saturated heterocycles. The highest BCUT2D eigenvalue weighted by atomic mass is 16.5. The van der Waals surface area contributed by atoms with Crippen LogP contribution in [0.4, 0.5) is 0 Å². The summed E-state index contributed by atoms with van der Waals surface area (Å²) in [5.74, 6) is 0.606. The summed E-state index contributed by atoms with van der Waals surface area (Å²) in [5, 5.41) is 9.24. The highest BCUT2D eigenvalue weighted by Crippen LogP contribution is 1.97. The molecule has 6 nitrogen and oxygen atoms in total. The van der Waals surface area contributed by atoms with Gasteiger partial charge in [-0.25, -0.2) is 4.99 Å². The van der Waals surface area contributed by atoms with Crippen LogP contribution in [0.5, 0.6) is 0 Å². The molecule has 0 aliphatic carbocycles. The van der Waals surface area contributed by atoms with E-state index in [0.29, 0.717) is 5.96 Å². The lowest BCUT2D eigenvalue weighted by Crippen LogP contribution is -2.43. The van der Waals surface area contributed by atoms with Crippen LogP contribution >= 0.6 is 0 Å². The number of amides is 1. The van der Waals surface area contributed by atoms with Crippen molar-refractivity contribution < 1.29 is 9.53 Å². The molecule has 0 spiro atoms. The maximum atomic E-state index is 11.7. The van der Waals surface area contributed by atoms with E-state index in [1.54, 1.807) is 0 Å². The van der Waals surface area contributed by atoms with E-state index in [9.17, 15) is 4.79 Å². The van der Waals surface area contributed by atoms with E-state index >= 15 is 0 Å². The number of aliphatic imine (C=N–C) groups is 1. The van der Waals surface area contributed by atoms with Crippen molar-refractivity contribution in [3.8, 4) is 0 Å². The van der Waals surface area contributed by atoms with E-state index in [1.165, 1.54) is 0 Å². The molecule has 6 heteroatoms. The Morgan fingerprint density at radius 1 is 1.14 bits per heavy atom. The standard InChI is InChI=1S/C15H32N4O2/c1-6-16-14(17-10-8-9-11-21-7-2)18-12-13(20)19-15(3,4)5/h6-12H2,1-5H3,(H,19,20)(H2,16,17,18). The van der Waals surface area contributed by atoms with Crippen LogP contribution in [-0.4, -0.2) is 50.3 Å². The smallest absolute Gasteiger partial charge is 0.242 e. The Balaban J connectivity index is 4.04. The predicted molar refractivity (Wildman–Crippen MR) is 87.6 cm³/mol. The van der Waals surface area contributed by atoms with Crippen LogP contribution in [0.3, 0.4) is 0 Å². The van der Waals surface area contributed by atoms with Gasteiger partial charge >= 0.3 is 0 Å². The normalized spacial score (nSPS) is 12.1. The first-order valence-electron chi connectivity index (χ1n) is 7.80. The lowest BCUT2D eigenvalue weighted by Gasteiger charge is -2.20. The monoisotopic (exact) mass is 300 g/mol. The Hall–Kier alpha value is -1.30. The lowest BCUT2D eigenvalue weighted by atomic mass is 10.1. The zero-order valence-electron chi connectivity index (χ0n) is 14.2. The number of hydrogen-bond donors (Lipinski definition) is 3. The molecule has 3 N–H and O–H groups in total. The summed E-state index contributed by atoms with van der Waals surface area (Å²) in [6.45, 7) is 13.1. The first kappa shape index (κ1) is 19.7.